The zero-order valence-electron chi connectivity index (χ0n) is 9.50. The molecule has 0 N–H and O–H groups in total. The summed E-state index contributed by atoms with van der Waals surface area (Å²) in [6.07, 6.45) is 0. The van der Waals surface area contributed by atoms with Crippen molar-refractivity contribution in [1.29, 1.82) is 0 Å². The number of nitrogens with zero attached hydrogens (tertiary/aromatic N) is 1. The van der Waals surface area contributed by atoms with Crippen LogP contribution in [0.15, 0.2) is 12.1 Å². The maximum atomic E-state index is 7.00. The number of rotatable bonds is 3. The van der Waals surface area contributed by atoms with E-state index in [1.165, 1.54) is 0 Å². The number of benzene rings is 1. The molecule has 0 aliphatic heterocycles. The summed E-state index contributed by atoms with van der Waals surface area (Å²) < 4.78 is 10.5. The average molecular weight is 205 g/mol. The largest absolute Gasteiger partial charge is 0.496 e. The van der Waals surface area contributed by atoms with E-state index in [-0.39, 0.29) is 6.04 Å². The van der Waals surface area contributed by atoms with Gasteiger partial charge in [0.05, 0.1) is 14.2 Å². The van der Waals surface area contributed by atoms with Gasteiger partial charge in [-0.1, -0.05) is 0 Å². The summed E-state index contributed by atoms with van der Waals surface area (Å²) in [6, 6.07) is 3.61. The Labute approximate surface area is 90.5 Å². The van der Waals surface area contributed by atoms with Crippen LogP contribution < -0.4 is 9.47 Å². The Balaban J connectivity index is 3.28. The first kappa shape index (κ1) is 11.4. The zero-order valence-corrected chi connectivity index (χ0v) is 9.50. The lowest BCUT2D eigenvalue weighted by Crippen LogP contribution is -1.96. The van der Waals surface area contributed by atoms with Gasteiger partial charge >= 0.3 is 0 Å². The van der Waals surface area contributed by atoms with Gasteiger partial charge in [0.2, 0.25) is 6.04 Å². The minimum atomic E-state index is -0.173. The summed E-state index contributed by atoms with van der Waals surface area (Å²) in [7, 11) is 3.24. The molecule has 0 aromatic heterocycles. The van der Waals surface area contributed by atoms with E-state index in [4.69, 9.17) is 16.0 Å². The summed E-state index contributed by atoms with van der Waals surface area (Å²) in [6.45, 7) is 10.8. The van der Waals surface area contributed by atoms with E-state index < -0.39 is 0 Å². The topological polar surface area (TPSA) is 22.8 Å². The molecule has 1 aromatic carbocycles. The third-order valence-corrected chi connectivity index (χ3v) is 2.45. The Morgan fingerprint density at radius 1 is 1.20 bits per heavy atom. The molecule has 0 amide bonds. The van der Waals surface area contributed by atoms with Crippen molar-refractivity contribution >= 4 is 0 Å². The molecule has 1 rings (SSSR count). The van der Waals surface area contributed by atoms with Crippen molar-refractivity contribution in [3.63, 3.8) is 0 Å². The highest BCUT2D eigenvalue weighted by Crippen LogP contribution is 2.32. The van der Waals surface area contributed by atoms with Crippen molar-refractivity contribution in [2.24, 2.45) is 0 Å². The summed E-state index contributed by atoms with van der Waals surface area (Å²) in [5, 5.41) is 0. The molecule has 80 valence electrons. The highest BCUT2D eigenvalue weighted by molar-refractivity contribution is 5.48. The fourth-order valence-corrected chi connectivity index (χ4v) is 1.42. The molecule has 0 spiro atoms. The van der Waals surface area contributed by atoms with Gasteiger partial charge in [0, 0.05) is 18.1 Å². The number of hydrogen-bond donors (Lipinski definition) is 0. The van der Waals surface area contributed by atoms with E-state index in [2.05, 4.69) is 4.85 Å². The lowest BCUT2D eigenvalue weighted by atomic mass is 10.0. The third-order valence-electron chi connectivity index (χ3n) is 2.45. The molecule has 0 bridgehead atoms. The van der Waals surface area contributed by atoms with Crippen molar-refractivity contribution in [2.45, 2.75) is 19.9 Å². The van der Waals surface area contributed by atoms with Crippen LogP contribution in [0.1, 0.15) is 24.1 Å². The van der Waals surface area contributed by atoms with E-state index in [0.717, 1.165) is 22.6 Å². The van der Waals surface area contributed by atoms with E-state index >= 15 is 0 Å². The van der Waals surface area contributed by atoms with Crippen LogP contribution in [0, 0.1) is 13.5 Å². The minimum absolute atomic E-state index is 0.173. The third kappa shape index (κ3) is 2.21. The monoisotopic (exact) mass is 205 g/mol. The highest BCUT2D eigenvalue weighted by Gasteiger charge is 2.14. The standard InChI is InChI=1S/C12H15NO2/c1-8-11(14-4)6-10(9(2)13-3)7-12(8)15-5/h6-7,9H,1-2,4-5H3. The molecule has 1 aromatic rings. The Hall–Kier alpha value is -1.69. The van der Waals surface area contributed by atoms with Gasteiger partial charge in [-0.05, 0) is 19.1 Å². The second kappa shape index (κ2) is 4.70. The van der Waals surface area contributed by atoms with E-state index in [1.54, 1.807) is 14.2 Å². The summed E-state index contributed by atoms with van der Waals surface area (Å²) in [5.74, 6) is 1.53. The molecular formula is C12H15NO2. The molecule has 3 heteroatoms. The van der Waals surface area contributed by atoms with Gasteiger partial charge in [-0.2, -0.15) is 0 Å². The van der Waals surface area contributed by atoms with Gasteiger partial charge < -0.3 is 14.3 Å². The quantitative estimate of drug-likeness (QED) is 0.708. The number of methoxy groups -OCH3 is 2. The van der Waals surface area contributed by atoms with Crippen LogP contribution in [0.2, 0.25) is 0 Å². The predicted molar refractivity (Wildman–Crippen MR) is 59.3 cm³/mol. The molecule has 0 aliphatic carbocycles. The highest BCUT2D eigenvalue weighted by atomic mass is 16.5. The van der Waals surface area contributed by atoms with Crippen LogP contribution in [-0.2, 0) is 0 Å². The van der Waals surface area contributed by atoms with Gasteiger partial charge in [0.1, 0.15) is 11.5 Å². The van der Waals surface area contributed by atoms with E-state index in [1.807, 2.05) is 26.0 Å². The van der Waals surface area contributed by atoms with Crippen LogP contribution in [0.5, 0.6) is 11.5 Å². The van der Waals surface area contributed by atoms with Gasteiger partial charge in [-0.3, -0.25) is 0 Å². The minimum Gasteiger partial charge on any atom is -0.496 e. The molecule has 0 saturated carbocycles. The van der Waals surface area contributed by atoms with Gasteiger partial charge in [-0.15, -0.1) is 0 Å². The molecule has 0 aliphatic rings. The second-order valence-electron chi connectivity index (χ2n) is 3.36. The van der Waals surface area contributed by atoms with Crippen molar-refractivity contribution in [3.8, 4) is 11.5 Å². The first-order chi connectivity index (χ1) is 7.13. The predicted octanol–water partition coefficient (Wildman–Crippen LogP) is 2.99. The summed E-state index contributed by atoms with van der Waals surface area (Å²) in [4.78, 5) is 3.48. The summed E-state index contributed by atoms with van der Waals surface area (Å²) in [5.41, 5.74) is 1.88. The first-order valence-corrected chi connectivity index (χ1v) is 4.73. The number of ether oxygens (including phenoxy) is 2. The van der Waals surface area contributed by atoms with Crippen LogP contribution in [0.3, 0.4) is 0 Å². The maximum Gasteiger partial charge on any atom is 0.246 e. The van der Waals surface area contributed by atoms with Crippen LogP contribution >= 0.6 is 0 Å². The van der Waals surface area contributed by atoms with E-state index in [0.29, 0.717) is 0 Å². The van der Waals surface area contributed by atoms with Crippen LogP contribution in [0.4, 0.5) is 0 Å². The molecule has 0 saturated heterocycles. The van der Waals surface area contributed by atoms with Crippen molar-refractivity contribution < 1.29 is 9.47 Å². The molecule has 1 atom stereocenters. The van der Waals surface area contributed by atoms with Crippen molar-refractivity contribution in [1.82, 2.24) is 0 Å². The second-order valence-corrected chi connectivity index (χ2v) is 3.36. The maximum absolute atomic E-state index is 7.00. The lowest BCUT2D eigenvalue weighted by Gasteiger charge is -2.12. The molecule has 15 heavy (non-hydrogen) atoms. The van der Waals surface area contributed by atoms with Gasteiger partial charge in [0.15, 0.2) is 0 Å². The van der Waals surface area contributed by atoms with Crippen LogP contribution in [0.25, 0.3) is 4.85 Å². The van der Waals surface area contributed by atoms with Crippen molar-refractivity contribution in [2.75, 3.05) is 14.2 Å². The smallest absolute Gasteiger partial charge is 0.246 e. The first-order valence-electron chi connectivity index (χ1n) is 4.73. The zero-order chi connectivity index (χ0) is 11.4. The van der Waals surface area contributed by atoms with Crippen LogP contribution in [-0.4, -0.2) is 14.2 Å². The molecule has 1 unspecified atom stereocenters. The van der Waals surface area contributed by atoms with Gasteiger partial charge in [-0.25, -0.2) is 6.57 Å². The Morgan fingerprint density at radius 2 is 1.67 bits per heavy atom. The lowest BCUT2D eigenvalue weighted by molar-refractivity contribution is 0.387. The molecule has 3 nitrogen and oxygen atoms in total. The fourth-order valence-electron chi connectivity index (χ4n) is 1.42. The number of hydrogen-bond acceptors (Lipinski definition) is 2. The Morgan fingerprint density at radius 3 is 2.00 bits per heavy atom. The fraction of sp³-hybridized carbons (Fsp3) is 0.417. The molecule has 0 fully saturated rings. The molecule has 0 heterocycles. The van der Waals surface area contributed by atoms with Crippen molar-refractivity contribution in [3.05, 3.63) is 34.7 Å². The summed E-state index contributed by atoms with van der Waals surface area (Å²) >= 11 is 0. The van der Waals surface area contributed by atoms with Gasteiger partial charge in [0.25, 0.3) is 0 Å². The van der Waals surface area contributed by atoms with E-state index in [9.17, 15) is 0 Å². The Kier molecular flexibility index (Phi) is 3.56. The average Bonchev–Trinajstić information content (AvgIpc) is 2.28. The molecule has 0 radical (unpaired) electrons. The Bertz CT molecular complexity index is 368. The normalized spacial score (nSPS) is 11.7. The molecular weight excluding hydrogens is 190 g/mol. The SMILES string of the molecule is [C-]#[N+]C(C)c1cc(OC)c(C)c(OC)c1.